The van der Waals surface area contributed by atoms with Gasteiger partial charge in [-0.05, 0) is 116 Å². The Hall–Kier alpha value is -10.9. The van der Waals surface area contributed by atoms with Gasteiger partial charge in [-0.3, -0.25) is 0 Å². The monoisotopic (exact) mass is 1080 g/mol. The van der Waals surface area contributed by atoms with Gasteiger partial charge < -0.3 is 19.3 Å². The van der Waals surface area contributed by atoms with E-state index in [2.05, 4.69) is 329 Å². The number of aromatic nitrogens is 1. The second-order valence-electron chi connectivity index (χ2n) is 22.7. The van der Waals surface area contributed by atoms with E-state index in [9.17, 15) is 0 Å². The maximum Gasteiger partial charge on any atom is 0.252 e. The molecule has 14 aromatic rings. The van der Waals surface area contributed by atoms with Gasteiger partial charge in [-0.2, -0.15) is 0 Å². The van der Waals surface area contributed by atoms with Gasteiger partial charge in [-0.15, -0.1) is 0 Å². The van der Waals surface area contributed by atoms with E-state index in [4.69, 9.17) is 0 Å². The lowest BCUT2D eigenvalue weighted by atomic mass is 9.33. The van der Waals surface area contributed by atoms with Crippen LogP contribution in [0, 0.1) is 0 Å². The molecule has 0 spiro atoms. The lowest BCUT2D eigenvalue weighted by Gasteiger charge is -2.46. The molecule has 0 fully saturated rings. The first-order valence-corrected chi connectivity index (χ1v) is 29.6. The Balaban J connectivity index is 1.04. The minimum Gasteiger partial charge on any atom is -0.341 e. The minimum absolute atomic E-state index is 0.174. The fourth-order valence-corrected chi connectivity index (χ4v) is 14.3. The maximum atomic E-state index is 2.67. The van der Waals surface area contributed by atoms with Crippen LogP contribution in [0.5, 0.6) is 0 Å². The fourth-order valence-electron chi connectivity index (χ4n) is 14.3. The van der Waals surface area contributed by atoms with Crippen molar-refractivity contribution in [3.05, 3.63) is 315 Å². The van der Waals surface area contributed by atoms with Crippen LogP contribution in [0.3, 0.4) is 0 Å². The van der Waals surface area contributed by atoms with Gasteiger partial charge in [0.25, 0.3) is 6.71 Å². The summed E-state index contributed by atoms with van der Waals surface area (Å²) in [5, 5.41) is 2.47. The molecule has 0 saturated heterocycles. The molecule has 0 unspecified atom stereocenters. The molecule has 0 N–H and O–H groups in total. The minimum atomic E-state index is -0.174. The normalized spacial score (nSPS) is 13.0. The molecule has 85 heavy (non-hydrogen) atoms. The predicted octanol–water partition coefficient (Wildman–Crippen LogP) is 18.9. The summed E-state index contributed by atoms with van der Waals surface area (Å²) in [6.07, 6.45) is 0.994. The third-order valence-corrected chi connectivity index (χ3v) is 18.0. The number of para-hydroxylation sites is 5. The Bertz CT molecular complexity index is 4740. The molecule has 0 saturated carbocycles. The molecule has 17 rings (SSSR count). The van der Waals surface area contributed by atoms with Crippen molar-refractivity contribution >= 4 is 90.4 Å². The van der Waals surface area contributed by atoms with E-state index >= 15 is 0 Å². The van der Waals surface area contributed by atoms with E-state index in [1.54, 1.807) is 0 Å². The predicted molar refractivity (Wildman–Crippen MR) is 359 cm³/mol. The van der Waals surface area contributed by atoms with Gasteiger partial charge in [-0.1, -0.05) is 255 Å². The average molecular weight is 1080 g/mol. The zero-order valence-electron chi connectivity index (χ0n) is 46.7. The van der Waals surface area contributed by atoms with Gasteiger partial charge in [-0.25, -0.2) is 0 Å². The topological polar surface area (TPSA) is 14.7 Å². The Morgan fingerprint density at radius 1 is 0.282 bits per heavy atom. The third-order valence-electron chi connectivity index (χ3n) is 18.0. The van der Waals surface area contributed by atoms with Gasteiger partial charge in [0.05, 0.1) is 22.4 Å². The van der Waals surface area contributed by atoms with Crippen molar-refractivity contribution < 1.29 is 0 Å². The van der Waals surface area contributed by atoms with Crippen molar-refractivity contribution in [2.24, 2.45) is 0 Å². The van der Waals surface area contributed by atoms with Gasteiger partial charge in [0, 0.05) is 79.4 Å². The van der Waals surface area contributed by atoms with Crippen LogP contribution in [0.4, 0.5) is 45.5 Å². The highest BCUT2D eigenvalue weighted by Crippen LogP contribution is 2.54. The van der Waals surface area contributed by atoms with Crippen LogP contribution in [-0.4, -0.2) is 17.8 Å². The SMILES string of the molecule is c1ccc(-c2cc3c4c(c2)N(c2c(-c5ccccc5)cccc2-c2ccccc2)c2cc(-n5c6ccccc6c6ccccc65)ccc2B4c2ccc(N4CCc5ccccc54)cc2N3c2c(-c3ccccc3)cccc2-c2ccccc2)cc1. The van der Waals surface area contributed by atoms with Crippen molar-refractivity contribution in [2.75, 3.05) is 21.2 Å². The Labute approximate surface area is 496 Å². The molecule has 0 aliphatic carbocycles. The van der Waals surface area contributed by atoms with Crippen molar-refractivity contribution in [3.63, 3.8) is 0 Å². The molecule has 0 atom stereocenters. The molecule has 5 heteroatoms. The number of rotatable bonds is 9. The smallest absolute Gasteiger partial charge is 0.252 e. The van der Waals surface area contributed by atoms with Gasteiger partial charge in [0.1, 0.15) is 0 Å². The highest BCUT2D eigenvalue weighted by Gasteiger charge is 2.46. The molecule has 0 amide bonds. The third kappa shape index (κ3) is 7.85. The molecule has 0 bridgehead atoms. The fraction of sp³-hybridized carbons (Fsp3) is 0.0250. The highest BCUT2D eigenvalue weighted by molar-refractivity contribution is 7.00. The molecular formula is C80H55BN4. The second-order valence-corrected chi connectivity index (χ2v) is 22.7. The number of hydrogen-bond donors (Lipinski definition) is 0. The number of benzene rings is 13. The molecule has 1 aromatic heterocycles. The van der Waals surface area contributed by atoms with Crippen molar-refractivity contribution in [1.82, 2.24) is 4.57 Å². The lowest BCUT2D eigenvalue weighted by Crippen LogP contribution is -2.61. The first-order valence-electron chi connectivity index (χ1n) is 29.6. The number of hydrogen-bond acceptors (Lipinski definition) is 3. The van der Waals surface area contributed by atoms with Crippen LogP contribution in [-0.2, 0) is 6.42 Å². The van der Waals surface area contributed by atoms with Crippen LogP contribution in [0.15, 0.2) is 309 Å². The average Bonchev–Trinajstić information content (AvgIpc) is 1.22. The van der Waals surface area contributed by atoms with Crippen LogP contribution in [0.2, 0.25) is 0 Å². The molecule has 4 nitrogen and oxygen atoms in total. The molecule has 398 valence electrons. The first-order chi connectivity index (χ1) is 42.2. The summed E-state index contributed by atoms with van der Waals surface area (Å²) in [5.41, 5.74) is 29.4. The highest BCUT2D eigenvalue weighted by atomic mass is 15.2. The van der Waals surface area contributed by atoms with Crippen molar-refractivity contribution in [2.45, 2.75) is 6.42 Å². The molecule has 13 aromatic carbocycles. The second kappa shape index (κ2) is 19.9. The van der Waals surface area contributed by atoms with Gasteiger partial charge in [0.2, 0.25) is 0 Å². The van der Waals surface area contributed by atoms with Crippen LogP contribution < -0.4 is 31.1 Å². The van der Waals surface area contributed by atoms with E-state index in [-0.39, 0.29) is 6.71 Å². The number of nitrogens with zero attached hydrogens (tertiary/aromatic N) is 4. The summed E-state index contributed by atoms with van der Waals surface area (Å²) in [5.74, 6) is 0. The summed E-state index contributed by atoms with van der Waals surface area (Å²) >= 11 is 0. The zero-order valence-corrected chi connectivity index (χ0v) is 46.7. The van der Waals surface area contributed by atoms with Crippen molar-refractivity contribution in [3.8, 4) is 61.3 Å². The molecular weight excluding hydrogens is 1030 g/mol. The van der Waals surface area contributed by atoms with Crippen LogP contribution >= 0.6 is 0 Å². The summed E-state index contributed by atoms with van der Waals surface area (Å²) in [6.45, 7) is 0.733. The quantitative estimate of drug-likeness (QED) is 0.134. The summed E-state index contributed by atoms with van der Waals surface area (Å²) < 4.78 is 2.48. The first kappa shape index (κ1) is 48.8. The van der Waals surface area contributed by atoms with Crippen molar-refractivity contribution in [1.29, 1.82) is 0 Å². The van der Waals surface area contributed by atoms with Crippen LogP contribution in [0.1, 0.15) is 5.56 Å². The van der Waals surface area contributed by atoms with Gasteiger partial charge >= 0.3 is 0 Å². The Kier molecular flexibility index (Phi) is 11.4. The Morgan fingerprint density at radius 3 is 1.16 bits per heavy atom. The van der Waals surface area contributed by atoms with Gasteiger partial charge in [0.15, 0.2) is 0 Å². The Morgan fingerprint density at radius 2 is 0.682 bits per heavy atom. The van der Waals surface area contributed by atoms with E-state index < -0.39 is 0 Å². The van der Waals surface area contributed by atoms with E-state index in [0.717, 1.165) is 108 Å². The molecule has 0 radical (unpaired) electrons. The standard InChI is InChI=1S/C80H55BN4/c1-6-24-54(25-7-1)60-50-76-78-77(51-60)85(80-65(57-30-12-4-13-31-57)39-23-40-66(80)58-32-14-5-15-33-58)75-53-62(83-72-42-20-17-35-67(72)68-36-18-21-43-73(68)83)45-47-70(75)81(78)69-46-44-61(82-49-48-59-34-16-19-41-71(59)82)52-74(69)84(76)79-63(55-26-8-2-9-27-55)37-22-38-64(79)56-28-10-3-11-29-56/h1-47,50-53H,48-49H2. The van der Waals surface area contributed by atoms with E-state index in [0.29, 0.717) is 0 Å². The summed E-state index contributed by atoms with van der Waals surface area (Å²) in [4.78, 5) is 7.87. The maximum absolute atomic E-state index is 2.67. The molecule has 4 heterocycles. The summed E-state index contributed by atoms with van der Waals surface area (Å²) in [6, 6.07) is 115. The molecule has 3 aliphatic rings. The number of fused-ring (bicyclic) bond motifs is 8. The molecule has 3 aliphatic heterocycles. The van der Waals surface area contributed by atoms with E-state index in [1.165, 1.54) is 55.1 Å². The number of anilines is 8. The lowest BCUT2D eigenvalue weighted by molar-refractivity contribution is 0.998. The summed E-state index contributed by atoms with van der Waals surface area (Å²) in [7, 11) is 0. The van der Waals surface area contributed by atoms with E-state index in [1.807, 2.05) is 0 Å². The zero-order chi connectivity index (χ0) is 56.0. The largest absolute Gasteiger partial charge is 0.341 e. The van der Waals surface area contributed by atoms with Crippen LogP contribution in [0.25, 0.3) is 83.1 Å².